The average molecular weight is 429 g/mol. The Morgan fingerprint density at radius 2 is 1.65 bits per heavy atom. The summed E-state index contributed by atoms with van der Waals surface area (Å²) in [5, 5.41) is 4.03. The zero-order valence-electron chi connectivity index (χ0n) is 16.9. The van der Waals surface area contributed by atoms with E-state index in [1.165, 1.54) is 17.7 Å². The molecule has 3 heterocycles. The minimum atomic E-state index is -0.275. The van der Waals surface area contributed by atoms with Crippen LogP contribution in [0.2, 0.25) is 0 Å². The molecule has 0 unspecified atom stereocenters. The van der Waals surface area contributed by atoms with Gasteiger partial charge in [0.2, 0.25) is 0 Å². The number of benzene rings is 2. The van der Waals surface area contributed by atoms with Crippen molar-refractivity contribution in [1.29, 1.82) is 0 Å². The first-order valence-corrected chi connectivity index (χ1v) is 10.5. The second-order valence-electron chi connectivity index (χ2n) is 7.61. The molecule has 0 amide bonds. The van der Waals surface area contributed by atoms with Crippen molar-refractivity contribution in [2.75, 3.05) is 4.90 Å². The molecular formula is C25H21FN4S. The normalized spacial score (nSPS) is 18.3. The molecular weight excluding hydrogens is 407 g/mol. The van der Waals surface area contributed by atoms with Crippen molar-refractivity contribution >= 4 is 23.0 Å². The van der Waals surface area contributed by atoms with Crippen LogP contribution in [-0.2, 0) is 0 Å². The van der Waals surface area contributed by atoms with Gasteiger partial charge in [-0.3, -0.25) is 4.98 Å². The zero-order chi connectivity index (χ0) is 21.4. The van der Waals surface area contributed by atoms with Gasteiger partial charge < -0.3 is 14.8 Å². The summed E-state index contributed by atoms with van der Waals surface area (Å²) in [5.74, 6) is -0.275. The Kier molecular flexibility index (Phi) is 5.00. The van der Waals surface area contributed by atoms with Gasteiger partial charge in [0, 0.05) is 29.5 Å². The molecule has 1 N–H and O–H groups in total. The van der Waals surface area contributed by atoms with E-state index < -0.39 is 0 Å². The first-order chi connectivity index (χ1) is 15.1. The van der Waals surface area contributed by atoms with E-state index in [0.29, 0.717) is 5.11 Å². The fourth-order valence-corrected chi connectivity index (χ4v) is 4.46. The van der Waals surface area contributed by atoms with Crippen molar-refractivity contribution in [2.45, 2.75) is 19.0 Å². The number of aryl methyl sites for hydroxylation is 1. The summed E-state index contributed by atoms with van der Waals surface area (Å²) in [7, 11) is 0. The van der Waals surface area contributed by atoms with E-state index in [1.54, 1.807) is 18.3 Å². The summed E-state index contributed by atoms with van der Waals surface area (Å²) in [6.45, 7) is 2.08. The average Bonchev–Trinajstić information content (AvgIpc) is 3.40. The van der Waals surface area contributed by atoms with Gasteiger partial charge in [-0.15, -0.1) is 0 Å². The highest BCUT2D eigenvalue weighted by molar-refractivity contribution is 7.80. The smallest absolute Gasteiger partial charge is 0.174 e. The second-order valence-corrected chi connectivity index (χ2v) is 8.00. The van der Waals surface area contributed by atoms with Crippen LogP contribution in [0.3, 0.4) is 0 Å². The van der Waals surface area contributed by atoms with E-state index >= 15 is 0 Å². The van der Waals surface area contributed by atoms with Crippen LogP contribution in [0.1, 0.15) is 29.0 Å². The molecule has 5 rings (SSSR count). The Balaban J connectivity index is 1.66. The van der Waals surface area contributed by atoms with E-state index in [-0.39, 0.29) is 17.9 Å². The maximum Gasteiger partial charge on any atom is 0.174 e. The van der Waals surface area contributed by atoms with Gasteiger partial charge >= 0.3 is 0 Å². The molecule has 4 nitrogen and oxygen atoms in total. The minimum Gasteiger partial charge on any atom is -0.351 e. The van der Waals surface area contributed by atoms with Gasteiger partial charge in [-0.05, 0) is 79.8 Å². The van der Waals surface area contributed by atoms with Crippen LogP contribution in [0.5, 0.6) is 0 Å². The first kappa shape index (κ1) is 19.5. The van der Waals surface area contributed by atoms with Crippen LogP contribution in [0.4, 0.5) is 10.1 Å². The minimum absolute atomic E-state index is 0.155. The lowest BCUT2D eigenvalue weighted by atomic mass is 10.0. The van der Waals surface area contributed by atoms with E-state index in [9.17, 15) is 4.39 Å². The van der Waals surface area contributed by atoms with Gasteiger partial charge in [0.25, 0.3) is 0 Å². The summed E-state index contributed by atoms with van der Waals surface area (Å²) in [4.78, 5) is 6.64. The number of pyridine rings is 1. The lowest BCUT2D eigenvalue weighted by molar-refractivity contribution is 0.549. The number of thiocarbonyl (C=S) groups is 1. The molecule has 2 atom stereocenters. The Morgan fingerprint density at radius 3 is 2.35 bits per heavy atom. The fraction of sp³-hybridized carbons (Fsp3) is 0.120. The molecule has 6 heteroatoms. The fourth-order valence-electron chi connectivity index (χ4n) is 4.11. The van der Waals surface area contributed by atoms with Crippen molar-refractivity contribution < 1.29 is 4.39 Å². The highest BCUT2D eigenvalue weighted by atomic mass is 32.1. The predicted octanol–water partition coefficient (Wildman–Crippen LogP) is 5.50. The molecule has 1 fully saturated rings. The number of halogens is 1. The van der Waals surface area contributed by atoms with Crippen LogP contribution in [0.25, 0.3) is 5.69 Å². The third kappa shape index (κ3) is 3.59. The summed E-state index contributed by atoms with van der Waals surface area (Å²) in [6.07, 6.45) is 3.84. The summed E-state index contributed by atoms with van der Waals surface area (Å²) < 4.78 is 15.8. The molecule has 4 aromatic rings. The van der Waals surface area contributed by atoms with Crippen LogP contribution in [-0.4, -0.2) is 14.7 Å². The molecule has 0 aliphatic carbocycles. The molecule has 1 aliphatic rings. The largest absolute Gasteiger partial charge is 0.351 e. The van der Waals surface area contributed by atoms with E-state index in [0.717, 1.165) is 22.8 Å². The number of rotatable bonds is 4. The van der Waals surface area contributed by atoms with Crippen molar-refractivity contribution in [3.05, 3.63) is 114 Å². The number of anilines is 1. The van der Waals surface area contributed by atoms with Crippen molar-refractivity contribution in [2.24, 2.45) is 0 Å². The molecule has 154 valence electrons. The lowest BCUT2D eigenvalue weighted by Gasteiger charge is -2.29. The van der Waals surface area contributed by atoms with Crippen LogP contribution < -0.4 is 10.2 Å². The molecule has 2 aromatic heterocycles. The highest BCUT2D eigenvalue weighted by Crippen LogP contribution is 2.42. The molecule has 2 aromatic carbocycles. The zero-order valence-corrected chi connectivity index (χ0v) is 17.8. The third-order valence-electron chi connectivity index (χ3n) is 5.60. The van der Waals surface area contributed by atoms with Gasteiger partial charge in [-0.25, -0.2) is 4.39 Å². The highest BCUT2D eigenvalue weighted by Gasteiger charge is 2.42. The van der Waals surface area contributed by atoms with Crippen molar-refractivity contribution in [3.63, 3.8) is 0 Å². The number of hydrogen-bond donors (Lipinski definition) is 1. The van der Waals surface area contributed by atoms with Gasteiger partial charge in [-0.2, -0.15) is 0 Å². The van der Waals surface area contributed by atoms with Crippen LogP contribution in [0.15, 0.2) is 91.3 Å². The Hall–Kier alpha value is -3.51. The Morgan fingerprint density at radius 1 is 0.903 bits per heavy atom. The first-order valence-electron chi connectivity index (χ1n) is 10.1. The van der Waals surface area contributed by atoms with E-state index in [1.807, 2.05) is 29.2 Å². The van der Waals surface area contributed by atoms with Crippen molar-refractivity contribution in [3.8, 4) is 5.69 Å². The maximum atomic E-state index is 13.6. The topological polar surface area (TPSA) is 33.1 Å². The van der Waals surface area contributed by atoms with E-state index in [2.05, 4.69) is 58.3 Å². The van der Waals surface area contributed by atoms with Crippen LogP contribution >= 0.6 is 12.2 Å². The van der Waals surface area contributed by atoms with Gasteiger partial charge in [0.1, 0.15) is 11.9 Å². The van der Waals surface area contributed by atoms with Gasteiger partial charge in [-0.1, -0.05) is 23.8 Å². The Labute approximate surface area is 186 Å². The maximum absolute atomic E-state index is 13.6. The SMILES string of the molecule is Cc1ccc(-n2cccc2[C@@H]2[C@H](c3ccccn3)NC(=S)N2c2ccc(F)cc2)cc1. The molecule has 31 heavy (non-hydrogen) atoms. The third-order valence-corrected chi connectivity index (χ3v) is 5.91. The molecule has 0 saturated carbocycles. The summed E-state index contributed by atoms with van der Waals surface area (Å²) in [6, 6.07) is 24.6. The van der Waals surface area contributed by atoms with Gasteiger partial charge in [0.05, 0.1) is 11.7 Å². The molecule has 0 spiro atoms. The standard InChI is InChI=1S/C25H21FN4S/c1-17-7-11-19(12-8-17)29-16-4-6-22(29)24-23(21-5-2-3-15-27-21)28-25(31)30(24)20-13-9-18(26)10-14-20/h2-16,23-24H,1H3,(H,28,31)/t23-,24+/m0/s1. The summed E-state index contributed by atoms with van der Waals surface area (Å²) >= 11 is 5.74. The lowest BCUT2D eigenvalue weighted by Crippen LogP contribution is -2.30. The molecule has 1 saturated heterocycles. The number of hydrogen-bond acceptors (Lipinski definition) is 2. The number of nitrogens with zero attached hydrogens (tertiary/aromatic N) is 3. The van der Waals surface area contributed by atoms with Crippen LogP contribution in [0, 0.1) is 12.7 Å². The number of nitrogens with one attached hydrogen (secondary N) is 1. The number of aromatic nitrogens is 2. The predicted molar refractivity (Wildman–Crippen MR) is 125 cm³/mol. The molecule has 0 bridgehead atoms. The molecule has 0 radical (unpaired) electrons. The summed E-state index contributed by atoms with van der Waals surface area (Å²) in [5.41, 5.74) is 5.08. The van der Waals surface area contributed by atoms with Crippen molar-refractivity contribution in [1.82, 2.24) is 14.9 Å². The second kappa shape index (κ2) is 7.96. The van der Waals surface area contributed by atoms with E-state index in [4.69, 9.17) is 12.2 Å². The quantitative estimate of drug-likeness (QED) is 0.435. The Bertz CT molecular complexity index is 1200. The monoisotopic (exact) mass is 428 g/mol. The molecule has 1 aliphatic heterocycles. The van der Waals surface area contributed by atoms with Gasteiger partial charge in [0.15, 0.2) is 5.11 Å².